The second-order valence-electron chi connectivity index (χ2n) is 14.1. The number of halogens is 4. The van der Waals surface area contributed by atoms with Crippen molar-refractivity contribution in [2.45, 2.75) is 0 Å². The van der Waals surface area contributed by atoms with Crippen LogP contribution in [0, 0.1) is 23.3 Å². The van der Waals surface area contributed by atoms with Crippen molar-refractivity contribution in [2.75, 3.05) is 0 Å². The Hall–Kier alpha value is -7.12. The molecule has 0 aliphatic heterocycles. The van der Waals surface area contributed by atoms with Gasteiger partial charge in [0.2, 0.25) is 0 Å². The molecule has 0 fully saturated rings. The van der Waals surface area contributed by atoms with Crippen molar-refractivity contribution in [3.8, 4) is 33.6 Å². The largest absolute Gasteiger partial charge is 0.355 e. The Morgan fingerprint density at radius 2 is 0.600 bits per heavy atom. The van der Waals surface area contributed by atoms with E-state index in [2.05, 4.69) is 65.6 Å². The molecule has 11 aromatic rings. The normalized spacial score (nSPS) is 12.0. The molecule has 8 aromatic carbocycles. The Morgan fingerprint density at radius 1 is 0.291 bits per heavy atom. The molecule has 0 unspecified atom stereocenters. The zero-order chi connectivity index (χ0) is 36.9. The van der Waals surface area contributed by atoms with Gasteiger partial charge in [-0.1, -0.05) is 36.4 Å². The molecule has 0 saturated heterocycles. The van der Waals surface area contributed by atoms with Gasteiger partial charge in [-0.3, -0.25) is 0 Å². The van der Waals surface area contributed by atoms with Crippen molar-refractivity contribution in [3.05, 3.63) is 181 Å². The van der Waals surface area contributed by atoms with E-state index in [1.165, 1.54) is 48.5 Å². The van der Waals surface area contributed by atoms with Gasteiger partial charge in [0.15, 0.2) is 0 Å². The summed E-state index contributed by atoms with van der Waals surface area (Å²) in [5, 5.41) is 4.86. The van der Waals surface area contributed by atoms with Crippen LogP contribution in [0.25, 0.3) is 99.0 Å². The molecule has 0 bridgehead atoms. The molecule has 3 aromatic heterocycles. The number of nitrogens with one attached hydrogen (secondary N) is 1. The fourth-order valence-corrected chi connectivity index (χ4v) is 8.35. The van der Waals surface area contributed by atoms with E-state index in [0.717, 1.165) is 77.5 Å². The number of hydrogen-bond donors (Lipinski definition) is 1. The maximum Gasteiger partial charge on any atom is 0.123 e. The van der Waals surface area contributed by atoms with Gasteiger partial charge < -0.3 is 14.1 Å². The highest BCUT2D eigenvalue weighted by Gasteiger charge is 2.16. The molecule has 0 aliphatic rings. The van der Waals surface area contributed by atoms with Crippen molar-refractivity contribution in [1.29, 1.82) is 0 Å². The van der Waals surface area contributed by atoms with Crippen LogP contribution >= 0.6 is 0 Å². The number of rotatable bonds is 4. The molecular formula is C48H27F4N3. The number of aromatic amines is 1. The summed E-state index contributed by atoms with van der Waals surface area (Å²) in [5.41, 5.74) is 11.3. The van der Waals surface area contributed by atoms with E-state index < -0.39 is 0 Å². The van der Waals surface area contributed by atoms with Crippen molar-refractivity contribution < 1.29 is 17.6 Å². The highest BCUT2D eigenvalue weighted by Crippen LogP contribution is 2.37. The van der Waals surface area contributed by atoms with Crippen LogP contribution in [0.2, 0.25) is 0 Å². The first-order chi connectivity index (χ1) is 26.9. The number of nitrogens with zero attached hydrogens (tertiary/aromatic N) is 2. The Labute approximate surface area is 310 Å². The predicted molar refractivity (Wildman–Crippen MR) is 215 cm³/mol. The minimum atomic E-state index is -0.362. The molecule has 0 amide bonds. The summed E-state index contributed by atoms with van der Waals surface area (Å²) in [6.45, 7) is 0. The Kier molecular flexibility index (Phi) is 6.68. The maximum atomic E-state index is 14.3. The summed E-state index contributed by atoms with van der Waals surface area (Å²) < 4.78 is 61.1. The van der Waals surface area contributed by atoms with Crippen LogP contribution in [0.1, 0.15) is 0 Å². The van der Waals surface area contributed by atoms with Gasteiger partial charge in [-0.2, -0.15) is 0 Å². The lowest BCUT2D eigenvalue weighted by Crippen LogP contribution is -1.94. The quantitative estimate of drug-likeness (QED) is 0.175. The molecule has 0 radical (unpaired) electrons. The first-order valence-corrected chi connectivity index (χ1v) is 17.9. The van der Waals surface area contributed by atoms with E-state index in [-0.39, 0.29) is 23.3 Å². The highest BCUT2D eigenvalue weighted by molar-refractivity contribution is 6.11. The number of fused-ring (bicyclic) bond motifs is 9. The number of H-pyrrole nitrogens is 1. The first kappa shape index (κ1) is 31.4. The summed E-state index contributed by atoms with van der Waals surface area (Å²) >= 11 is 0. The van der Waals surface area contributed by atoms with Crippen LogP contribution in [-0.2, 0) is 0 Å². The summed E-state index contributed by atoms with van der Waals surface area (Å²) in [6.07, 6.45) is 0. The van der Waals surface area contributed by atoms with Crippen molar-refractivity contribution in [1.82, 2.24) is 14.1 Å². The minimum Gasteiger partial charge on any atom is -0.355 e. The fraction of sp³-hybridized carbons (Fsp3) is 0. The maximum absolute atomic E-state index is 14.3. The molecule has 262 valence electrons. The van der Waals surface area contributed by atoms with E-state index in [9.17, 15) is 17.6 Å². The summed E-state index contributed by atoms with van der Waals surface area (Å²) in [5.74, 6) is -1.45. The molecule has 3 nitrogen and oxygen atoms in total. The van der Waals surface area contributed by atoms with Gasteiger partial charge in [-0.05, 0) is 144 Å². The third-order valence-electron chi connectivity index (χ3n) is 10.9. The molecule has 3 heterocycles. The molecule has 0 atom stereocenters. The molecule has 1 N–H and O–H groups in total. The van der Waals surface area contributed by atoms with Crippen molar-refractivity contribution in [2.24, 2.45) is 0 Å². The summed E-state index contributed by atoms with van der Waals surface area (Å²) in [4.78, 5) is 3.56. The first-order valence-electron chi connectivity index (χ1n) is 17.9. The predicted octanol–water partition coefficient (Wildman–Crippen LogP) is 13.4. The average Bonchev–Trinajstić information content (AvgIpc) is 3.84. The van der Waals surface area contributed by atoms with Gasteiger partial charge in [0, 0.05) is 54.7 Å². The van der Waals surface area contributed by atoms with E-state index in [1.54, 1.807) is 24.3 Å². The van der Waals surface area contributed by atoms with Gasteiger partial charge in [-0.15, -0.1) is 0 Å². The van der Waals surface area contributed by atoms with Crippen LogP contribution in [0.3, 0.4) is 0 Å². The Bertz CT molecular complexity index is 3010. The molecule has 0 saturated carbocycles. The zero-order valence-corrected chi connectivity index (χ0v) is 28.9. The third kappa shape index (κ3) is 4.90. The van der Waals surface area contributed by atoms with E-state index >= 15 is 0 Å². The number of benzene rings is 8. The van der Waals surface area contributed by atoms with Crippen molar-refractivity contribution >= 4 is 65.4 Å². The summed E-state index contributed by atoms with van der Waals surface area (Å²) in [6, 6.07) is 47.8. The van der Waals surface area contributed by atoms with Crippen LogP contribution in [0.15, 0.2) is 158 Å². The average molecular weight is 722 g/mol. The Balaban J connectivity index is 0.953. The molecule has 7 heteroatoms. The molecule has 11 rings (SSSR count). The van der Waals surface area contributed by atoms with Crippen LogP contribution in [-0.4, -0.2) is 14.1 Å². The second-order valence-corrected chi connectivity index (χ2v) is 14.1. The van der Waals surface area contributed by atoms with Gasteiger partial charge in [-0.25, -0.2) is 17.6 Å². The smallest absolute Gasteiger partial charge is 0.123 e. The second kappa shape index (κ2) is 11.7. The monoisotopic (exact) mass is 721 g/mol. The van der Waals surface area contributed by atoms with Gasteiger partial charge in [0.25, 0.3) is 0 Å². The standard InChI is InChI=1S/C48H27F4N3/c49-31-7-17-45-39(23-31)40-24-32(50)8-18-46(40)54(45)35-11-1-27(2-12-35)29-5-15-43-37(21-29)38-22-30(6-16-44(38)53-43)28-3-13-36(14-4-28)55-47-19-9-33(51)25-41(47)42-26-34(52)10-20-48(42)55/h1-26,53H. The lowest BCUT2D eigenvalue weighted by molar-refractivity contribution is 0.628. The van der Waals surface area contributed by atoms with Crippen LogP contribution < -0.4 is 0 Å². The van der Waals surface area contributed by atoms with Crippen molar-refractivity contribution in [3.63, 3.8) is 0 Å². The number of hydrogen-bond acceptors (Lipinski definition) is 0. The molecular weight excluding hydrogens is 695 g/mol. The zero-order valence-electron chi connectivity index (χ0n) is 28.9. The minimum absolute atomic E-state index is 0.362. The SMILES string of the molecule is Fc1ccc2c(c1)c1cc(F)ccc1n2-c1ccc(-c2ccc3[nH]c4ccc(-c5ccc(-n6c7ccc(F)cc7c7cc(F)ccc76)cc5)cc4c3c2)cc1. The number of aromatic nitrogens is 3. The van der Waals surface area contributed by atoms with Crippen LogP contribution in [0.5, 0.6) is 0 Å². The lowest BCUT2D eigenvalue weighted by Gasteiger charge is -2.10. The topological polar surface area (TPSA) is 25.6 Å². The fourth-order valence-electron chi connectivity index (χ4n) is 8.35. The molecule has 55 heavy (non-hydrogen) atoms. The van der Waals surface area contributed by atoms with E-state index in [4.69, 9.17) is 0 Å². The third-order valence-corrected chi connectivity index (χ3v) is 10.9. The Morgan fingerprint density at radius 3 is 0.927 bits per heavy atom. The van der Waals surface area contributed by atoms with E-state index in [0.29, 0.717) is 21.5 Å². The van der Waals surface area contributed by atoms with Gasteiger partial charge >= 0.3 is 0 Å². The highest BCUT2D eigenvalue weighted by atomic mass is 19.1. The van der Waals surface area contributed by atoms with Crippen LogP contribution in [0.4, 0.5) is 17.6 Å². The molecule has 0 spiro atoms. The summed E-state index contributed by atoms with van der Waals surface area (Å²) in [7, 11) is 0. The van der Waals surface area contributed by atoms with Gasteiger partial charge in [0.1, 0.15) is 23.3 Å². The lowest BCUT2D eigenvalue weighted by atomic mass is 10.00. The molecule has 0 aliphatic carbocycles. The van der Waals surface area contributed by atoms with E-state index in [1.807, 2.05) is 33.4 Å². The van der Waals surface area contributed by atoms with Gasteiger partial charge in [0.05, 0.1) is 22.1 Å².